The summed E-state index contributed by atoms with van der Waals surface area (Å²) in [6.45, 7) is 1.36. The molecule has 2 heterocycles. The van der Waals surface area contributed by atoms with Crippen molar-refractivity contribution in [1.82, 2.24) is 4.98 Å². The summed E-state index contributed by atoms with van der Waals surface area (Å²) in [6, 6.07) is 9.11. The fourth-order valence-electron chi connectivity index (χ4n) is 3.34. The van der Waals surface area contributed by atoms with E-state index >= 15 is 0 Å². The maximum absolute atomic E-state index is 13.4. The number of hydrogen-bond donors (Lipinski definition) is 1. The van der Waals surface area contributed by atoms with Gasteiger partial charge in [0.15, 0.2) is 16.8 Å². The van der Waals surface area contributed by atoms with E-state index in [0.29, 0.717) is 6.54 Å². The molecule has 146 valence electrons. The van der Waals surface area contributed by atoms with Gasteiger partial charge in [-0.15, -0.1) is 0 Å². The Morgan fingerprint density at radius 3 is 2.89 bits per heavy atom. The van der Waals surface area contributed by atoms with Crippen LogP contribution in [0.2, 0.25) is 0 Å². The fourth-order valence-corrected chi connectivity index (χ4v) is 4.37. The number of piperidine rings is 1. The normalized spacial score (nSPS) is 17.0. The Morgan fingerprint density at radius 1 is 1.25 bits per heavy atom. The van der Waals surface area contributed by atoms with Crippen molar-refractivity contribution in [2.75, 3.05) is 30.4 Å². The van der Waals surface area contributed by atoms with Crippen LogP contribution in [0.3, 0.4) is 0 Å². The van der Waals surface area contributed by atoms with Gasteiger partial charge in [0.1, 0.15) is 5.75 Å². The lowest BCUT2D eigenvalue weighted by Crippen LogP contribution is -2.40. The first-order valence-electron chi connectivity index (χ1n) is 8.99. The number of methoxy groups -OCH3 is 1. The zero-order chi connectivity index (χ0) is 19.7. The quantitative estimate of drug-likeness (QED) is 0.700. The molecule has 5 nitrogen and oxygen atoms in total. The highest BCUT2D eigenvalue weighted by atomic mass is 32.1. The van der Waals surface area contributed by atoms with Gasteiger partial charge in [-0.3, -0.25) is 4.79 Å². The number of halogens is 2. The number of fused-ring (bicyclic) bond motifs is 1. The van der Waals surface area contributed by atoms with Gasteiger partial charge in [0, 0.05) is 24.8 Å². The van der Waals surface area contributed by atoms with Gasteiger partial charge in [0.25, 0.3) is 0 Å². The molecule has 1 fully saturated rings. The second-order valence-corrected chi connectivity index (χ2v) is 7.74. The number of amides is 1. The molecule has 3 aromatic rings. The molecule has 0 bridgehead atoms. The molecule has 1 aromatic heterocycles. The van der Waals surface area contributed by atoms with E-state index in [4.69, 9.17) is 4.74 Å². The smallest absolute Gasteiger partial charge is 0.229 e. The molecule has 1 N–H and O–H groups in total. The molecule has 1 aliphatic heterocycles. The van der Waals surface area contributed by atoms with Gasteiger partial charge in [0.05, 0.1) is 23.2 Å². The largest absolute Gasteiger partial charge is 0.497 e. The summed E-state index contributed by atoms with van der Waals surface area (Å²) in [5, 5.41) is 3.56. The highest BCUT2D eigenvalue weighted by Gasteiger charge is 2.27. The minimum atomic E-state index is -0.979. The molecular formula is C20H19F2N3O2S. The minimum Gasteiger partial charge on any atom is -0.497 e. The number of hydrogen-bond acceptors (Lipinski definition) is 5. The van der Waals surface area contributed by atoms with Gasteiger partial charge in [-0.05, 0) is 43.2 Å². The molecule has 4 rings (SSSR count). The number of anilines is 2. The van der Waals surface area contributed by atoms with E-state index in [9.17, 15) is 13.6 Å². The van der Waals surface area contributed by atoms with Crippen LogP contribution >= 0.6 is 11.3 Å². The number of thiazole rings is 1. The number of nitrogens with one attached hydrogen (secondary N) is 1. The number of aromatic nitrogens is 1. The average Bonchev–Trinajstić information content (AvgIpc) is 3.14. The lowest BCUT2D eigenvalue weighted by atomic mass is 9.97. The molecule has 8 heteroatoms. The predicted octanol–water partition coefficient (Wildman–Crippen LogP) is 4.44. The molecule has 0 spiro atoms. The topological polar surface area (TPSA) is 54.5 Å². The second-order valence-electron chi connectivity index (χ2n) is 6.73. The molecular weight excluding hydrogens is 384 g/mol. The molecule has 2 aromatic carbocycles. The maximum Gasteiger partial charge on any atom is 0.229 e. The summed E-state index contributed by atoms with van der Waals surface area (Å²) < 4.78 is 32.7. The van der Waals surface area contributed by atoms with Crippen LogP contribution < -0.4 is 15.0 Å². The lowest BCUT2D eigenvalue weighted by Gasteiger charge is -2.31. The Balaban J connectivity index is 1.47. The second kappa shape index (κ2) is 7.71. The van der Waals surface area contributed by atoms with Crippen molar-refractivity contribution in [2.24, 2.45) is 5.92 Å². The van der Waals surface area contributed by atoms with Crippen molar-refractivity contribution in [3.05, 3.63) is 48.0 Å². The van der Waals surface area contributed by atoms with Crippen LogP contribution in [-0.2, 0) is 4.79 Å². The predicted molar refractivity (Wildman–Crippen MR) is 106 cm³/mol. The Morgan fingerprint density at radius 2 is 2.11 bits per heavy atom. The van der Waals surface area contributed by atoms with Gasteiger partial charge >= 0.3 is 0 Å². The molecule has 0 aliphatic carbocycles. The van der Waals surface area contributed by atoms with E-state index in [1.54, 1.807) is 18.4 Å². The number of carbonyl (C=O) groups excluding carboxylic acids is 1. The van der Waals surface area contributed by atoms with E-state index in [-0.39, 0.29) is 17.5 Å². The van der Waals surface area contributed by atoms with Crippen molar-refractivity contribution in [3.63, 3.8) is 0 Å². The molecule has 0 radical (unpaired) electrons. The van der Waals surface area contributed by atoms with Crippen molar-refractivity contribution in [2.45, 2.75) is 12.8 Å². The Labute approximate surface area is 164 Å². The summed E-state index contributed by atoms with van der Waals surface area (Å²) in [4.78, 5) is 19.4. The SMILES string of the molecule is COc1ccc2nc(N3CCCC(C(=O)Nc4ccc(F)c(F)c4)C3)sc2c1. The van der Waals surface area contributed by atoms with Gasteiger partial charge in [-0.2, -0.15) is 0 Å². The number of nitrogens with zero attached hydrogens (tertiary/aromatic N) is 2. The highest BCUT2D eigenvalue weighted by molar-refractivity contribution is 7.22. The lowest BCUT2D eigenvalue weighted by molar-refractivity contribution is -0.120. The van der Waals surface area contributed by atoms with Crippen LogP contribution in [0.4, 0.5) is 19.6 Å². The summed E-state index contributed by atoms with van der Waals surface area (Å²) in [5.41, 5.74) is 1.15. The standard InChI is InChI=1S/C20H19F2N3O2S/c1-27-14-5-7-17-18(10-14)28-20(24-17)25-8-2-3-12(11-25)19(26)23-13-4-6-15(21)16(22)9-13/h4-7,9-10,12H,2-3,8,11H2,1H3,(H,23,26). The van der Waals surface area contributed by atoms with E-state index < -0.39 is 11.6 Å². The number of benzene rings is 2. The van der Waals surface area contributed by atoms with Gasteiger partial charge in [-0.1, -0.05) is 11.3 Å². The van der Waals surface area contributed by atoms with Gasteiger partial charge < -0.3 is 15.0 Å². The van der Waals surface area contributed by atoms with Crippen molar-refractivity contribution >= 4 is 38.3 Å². The minimum absolute atomic E-state index is 0.196. The van der Waals surface area contributed by atoms with Gasteiger partial charge in [0.2, 0.25) is 5.91 Å². The molecule has 1 amide bonds. The molecule has 28 heavy (non-hydrogen) atoms. The molecule has 1 atom stereocenters. The molecule has 1 aliphatic rings. The Kier molecular flexibility index (Phi) is 5.13. The zero-order valence-corrected chi connectivity index (χ0v) is 16.1. The third-order valence-electron chi connectivity index (χ3n) is 4.83. The average molecular weight is 403 g/mol. The van der Waals surface area contributed by atoms with Crippen LogP contribution in [0.5, 0.6) is 5.75 Å². The van der Waals surface area contributed by atoms with Crippen molar-refractivity contribution in [3.8, 4) is 5.75 Å². The Bertz CT molecular complexity index is 1020. The van der Waals surface area contributed by atoms with Crippen LogP contribution in [-0.4, -0.2) is 31.1 Å². The first-order valence-corrected chi connectivity index (χ1v) is 9.80. The van der Waals surface area contributed by atoms with E-state index in [0.717, 1.165) is 52.6 Å². The van der Waals surface area contributed by atoms with Crippen LogP contribution in [0.25, 0.3) is 10.2 Å². The monoisotopic (exact) mass is 403 g/mol. The van der Waals surface area contributed by atoms with Gasteiger partial charge in [-0.25, -0.2) is 13.8 Å². The first kappa shape index (κ1) is 18.6. The number of carbonyl (C=O) groups is 1. The van der Waals surface area contributed by atoms with E-state index in [1.165, 1.54) is 6.07 Å². The maximum atomic E-state index is 13.4. The van der Waals surface area contributed by atoms with E-state index in [2.05, 4.69) is 15.2 Å². The van der Waals surface area contributed by atoms with Crippen molar-refractivity contribution < 1.29 is 18.3 Å². The van der Waals surface area contributed by atoms with Crippen LogP contribution in [0.15, 0.2) is 36.4 Å². The fraction of sp³-hybridized carbons (Fsp3) is 0.300. The van der Waals surface area contributed by atoms with E-state index in [1.807, 2.05) is 18.2 Å². The molecule has 1 unspecified atom stereocenters. The zero-order valence-electron chi connectivity index (χ0n) is 15.2. The Hall–Kier alpha value is -2.74. The summed E-state index contributed by atoms with van der Waals surface area (Å²) >= 11 is 1.57. The summed E-state index contributed by atoms with van der Waals surface area (Å²) in [7, 11) is 1.63. The van der Waals surface area contributed by atoms with Crippen LogP contribution in [0, 0.1) is 17.6 Å². The molecule has 1 saturated heterocycles. The van der Waals surface area contributed by atoms with Crippen LogP contribution in [0.1, 0.15) is 12.8 Å². The molecule has 0 saturated carbocycles. The first-order chi connectivity index (χ1) is 13.5. The third kappa shape index (κ3) is 3.77. The number of rotatable bonds is 4. The number of ether oxygens (including phenoxy) is 1. The summed E-state index contributed by atoms with van der Waals surface area (Å²) in [6.07, 6.45) is 1.60. The summed E-state index contributed by atoms with van der Waals surface area (Å²) in [5.74, 6) is -1.57. The highest BCUT2D eigenvalue weighted by Crippen LogP contribution is 2.33. The van der Waals surface area contributed by atoms with Crippen molar-refractivity contribution in [1.29, 1.82) is 0 Å². The third-order valence-corrected chi connectivity index (χ3v) is 5.91.